The van der Waals surface area contributed by atoms with Gasteiger partial charge < -0.3 is 15.5 Å². The highest BCUT2D eigenvalue weighted by Crippen LogP contribution is 2.23. The largest absolute Gasteiger partial charge is 0.506 e. The molecule has 2 rings (SSSR count). The Balaban J connectivity index is 1.79. The topological polar surface area (TPSA) is 69.6 Å². The molecule has 0 saturated heterocycles. The number of aliphatic hydroxyl groups is 1. The quantitative estimate of drug-likeness (QED) is 0.767. The van der Waals surface area contributed by atoms with Crippen LogP contribution in [0.5, 0.6) is 5.75 Å². The Kier molecular flexibility index (Phi) is 5.81. The summed E-state index contributed by atoms with van der Waals surface area (Å²) in [5, 5.41) is 22.0. The van der Waals surface area contributed by atoms with Crippen LogP contribution in [0.1, 0.15) is 22.3 Å². The zero-order chi connectivity index (χ0) is 15.9. The molecule has 0 spiro atoms. The molecule has 5 heteroatoms. The van der Waals surface area contributed by atoms with Gasteiger partial charge in [0.15, 0.2) is 0 Å². The molecule has 0 fully saturated rings. The fraction of sp³-hybridized carbons (Fsp3) is 0.235. The molecule has 0 aliphatic carbocycles. The lowest BCUT2D eigenvalue weighted by atomic mass is 10.1. The van der Waals surface area contributed by atoms with E-state index in [1.54, 1.807) is 0 Å². The van der Waals surface area contributed by atoms with Gasteiger partial charge >= 0.3 is 0 Å². The fourth-order valence-electron chi connectivity index (χ4n) is 2.04. The third kappa shape index (κ3) is 4.76. The molecule has 2 aromatic carbocycles. The van der Waals surface area contributed by atoms with E-state index in [0.29, 0.717) is 12.0 Å². The van der Waals surface area contributed by atoms with Crippen molar-refractivity contribution in [1.82, 2.24) is 5.32 Å². The average Bonchev–Trinajstić information content (AvgIpc) is 2.54. The van der Waals surface area contributed by atoms with Crippen molar-refractivity contribution < 1.29 is 15.0 Å². The minimum atomic E-state index is -0.614. The number of amides is 1. The summed E-state index contributed by atoms with van der Waals surface area (Å²) in [6, 6.07) is 14.1. The molecule has 0 saturated carbocycles. The summed E-state index contributed by atoms with van der Waals surface area (Å²) >= 11 is 5.76. The number of phenols is 1. The highest BCUT2D eigenvalue weighted by molar-refractivity contribution is 6.32. The number of benzene rings is 2. The van der Waals surface area contributed by atoms with Crippen molar-refractivity contribution in [2.24, 2.45) is 0 Å². The van der Waals surface area contributed by atoms with Crippen LogP contribution in [-0.2, 0) is 6.42 Å². The number of aryl methyl sites for hydroxylation is 1. The van der Waals surface area contributed by atoms with Crippen LogP contribution < -0.4 is 5.32 Å². The van der Waals surface area contributed by atoms with Crippen molar-refractivity contribution >= 4 is 17.5 Å². The van der Waals surface area contributed by atoms with E-state index >= 15 is 0 Å². The number of carbonyl (C=O) groups excluding carboxylic acids is 1. The molecule has 2 aromatic rings. The Morgan fingerprint density at radius 2 is 1.91 bits per heavy atom. The summed E-state index contributed by atoms with van der Waals surface area (Å²) in [4.78, 5) is 11.9. The smallest absolute Gasteiger partial charge is 0.251 e. The number of halogens is 1. The second-order valence-electron chi connectivity index (χ2n) is 5.05. The molecular formula is C17H18ClNO3. The van der Waals surface area contributed by atoms with Crippen molar-refractivity contribution in [3.8, 4) is 5.75 Å². The first-order valence-electron chi connectivity index (χ1n) is 7.05. The third-order valence-corrected chi connectivity index (χ3v) is 3.62. The average molecular weight is 320 g/mol. The van der Waals surface area contributed by atoms with E-state index in [9.17, 15) is 15.0 Å². The number of aromatic hydroxyl groups is 1. The van der Waals surface area contributed by atoms with Crippen molar-refractivity contribution in [3.63, 3.8) is 0 Å². The van der Waals surface area contributed by atoms with Crippen LogP contribution in [0.2, 0.25) is 5.02 Å². The van der Waals surface area contributed by atoms with Gasteiger partial charge in [-0.2, -0.15) is 0 Å². The fourth-order valence-corrected chi connectivity index (χ4v) is 2.22. The lowest BCUT2D eigenvalue weighted by Gasteiger charge is -2.12. The lowest BCUT2D eigenvalue weighted by Crippen LogP contribution is -2.32. The Morgan fingerprint density at radius 3 is 2.59 bits per heavy atom. The number of nitrogens with one attached hydrogen (secondary N) is 1. The van der Waals surface area contributed by atoms with Crippen LogP contribution in [0.25, 0.3) is 0 Å². The van der Waals surface area contributed by atoms with Gasteiger partial charge in [0.25, 0.3) is 5.91 Å². The summed E-state index contributed by atoms with van der Waals surface area (Å²) in [7, 11) is 0. The minimum Gasteiger partial charge on any atom is -0.506 e. The number of carbonyl (C=O) groups is 1. The highest BCUT2D eigenvalue weighted by atomic mass is 35.5. The molecule has 0 aliphatic rings. The molecular weight excluding hydrogens is 302 g/mol. The predicted molar refractivity (Wildman–Crippen MR) is 86.2 cm³/mol. The second kappa shape index (κ2) is 7.82. The summed E-state index contributed by atoms with van der Waals surface area (Å²) in [5.74, 6) is -0.401. The van der Waals surface area contributed by atoms with Gasteiger partial charge in [0.2, 0.25) is 0 Å². The molecule has 1 amide bonds. The maximum atomic E-state index is 11.9. The van der Waals surface area contributed by atoms with E-state index < -0.39 is 6.10 Å². The standard InChI is InChI=1S/C17H18ClNO3/c18-15-10-13(7-9-16(15)21)17(22)19-11-14(20)8-6-12-4-2-1-3-5-12/h1-5,7,9-10,14,20-21H,6,8,11H2,(H,19,22)/t14-/m1/s1. The van der Waals surface area contributed by atoms with Crippen LogP contribution >= 0.6 is 11.6 Å². The molecule has 0 aromatic heterocycles. The van der Waals surface area contributed by atoms with E-state index in [0.717, 1.165) is 12.0 Å². The lowest BCUT2D eigenvalue weighted by molar-refractivity contribution is 0.0911. The van der Waals surface area contributed by atoms with Crippen LogP contribution in [0.15, 0.2) is 48.5 Å². The van der Waals surface area contributed by atoms with Gasteiger partial charge in [-0.1, -0.05) is 41.9 Å². The Morgan fingerprint density at radius 1 is 1.18 bits per heavy atom. The molecule has 3 N–H and O–H groups in total. The van der Waals surface area contributed by atoms with Gasteiger partial charge in [-0.25, -0.2) is 0 Å². The number of rotatable bonds is 6. The molecule has 0 unspecified atom stereocenters. The number of hydrogen-bond donors (Lipinski definition) is 3. The summed E-state index contributed by atoms with van der Waals surface area (Å²) in [6.07, 6.45) is 0.709. The van der Waals surface area contributed by atoms with Crippen molar-refractivity contribution in [3.05, 3.63) is 64.7 Å². The van der Waals surface area contributed by atoms with Crippen molar-refractivity contribution in [2.45, 2.75) is 18.9 Å². The molecule has 0 bridgehead atoms. The minimum absolute atomic E-state index is 0.0684. The maximum absolute atomic E-state index is 11.9. The van der Waals surface area contributed by atoms with E-state index in [1.807, 2.05) is 30.3 Å². The molecule has 0 radical (unpaired) electrons. The number of hydrogen-bond acceptors (Lipinski definition) is 3. The molecule has 0 heterocycles. The predicted octanol–water partition coefficient (Wildman–Crippen LogP) is 2.77. The van der Waals surface area contributed by atoms with Gasteiger partial charge in [-0.15, -0.1) is 0 Å². The van der Waals surface area contributed by atoms with Gasteiger partial charge in [0.1, 0.15) is 5.75 Å². The van der Waals surface area contributed by atoms with Crippen molar-refractivity contribution in [1.29, 1.82) is 0 Å². The summed E-state index contributed by atoms with van der Waals surface area (Å²) < 4.78 is 0. The van der Waals surface area contributed by atoms with E-state index in [2.05, 4.69) is 5.32 Å². The number of phenolic OH excluding ortho intramolecular Hbond substituents is 1. The van der Waals surface area contributed by atoms with Crippen LogP contribution in [-0.4, -0.2) is 28.8 Å². The third-order valence-electron chi connectivity index (χ3n) is 3.32. The Labute approximate surface area is 134 Å². The Bertz CT molecular complexity index is 631. The summed E-state index contributed by atoms with van der Waals surface area (Å²) in [5.41, 5.74) is 1.50. The first-order valence-corrected chi connectivity index (χ1v) is 7.43. The first-order chi connectivity index (χ1) is 10.6. The van der Waals surface area contributed by atoms with E-state index in [-0.39, 0.29) is 23.2 Å². The zero-order valence-electron chi connectivity index (χ0n) is 12.0. The highest BCUT2D eigenvalue weighted by Gasteiger charge is 2.11. The van der Waals surface area contributed by atoms with Crippen LogP contribution in [0.3, 0.4) is 0 Å². The molecule has 22 heavy (non-hydrogen) atoms. The zero-order valence-corrected chi connectivity index (χ0v) is 12.8. The van der Waals surface area contributed by atoms with Gasteiger partial charge in [-0.3, -0.25) is 4.79 Å². The molecule has 1 atom stereocenters. The van der Waals surface area contributed by atoms with Crippen LogP contribution in [0.4, 0.5) is 0 Å². The van der Waals surface area contributed by atoms with Gasteiger partial charge in [0.05, 0.1) is 11.1 Å². The molecule has 0 aliphatic heterocycles. The molecule has 116 valence electrons. The Hall–Kier alpha value is -2.04. The van der Waals surface area contributed by atoms with E-state index in [1.165, 1.54) is 18.2 Å². The van der Waals surface area contributed by atoms with E-state index in [4.69, 9.17) is 11.6 Å². The summed E-state index contributed by atoms with van der Waals surface area (Å²) in [6.45, 7) is 0.171. The first kappa shape index (κ1) is 16.3. The SMILES string of the molecule is O=C(NC[C@H](O)CCc1ccccc1)c1ccc(O)c(Cl)c1. The van der Waals surface area contributed by atoms with Gasteiger partial charge in [-0.05, 0) is 36.6 Å². The number of aliphatic hydroxyl groups excluding tert-OH is 1. The van der Waals surface area contributed by atoms with Crippen molar-refractivity contribution in [2.75, 3.05) is 6.54 Å². The normalized spacial score (nSPS) is 11.9. The monoisotopic (exact) mass is 319 g/mol. The maximum Gasteiger partial charge on any atom is 0.251 e. The van der Waals surface area contributed by atoms with Crippen LogP contribution in [0, 0.1) is 0 Å². The van der Waals surface area contributed by atoms with Gasteiger partial charge in [0, 0.05) is 12.1 Å². The second-order valence-corrected chi connectivity index (χ2v) is 5.46. The molecule has 4 nitrogen and oxygen atoms in total.